The average Bonchev–Trinajstić information content (AvgIpc) is 2.96. The number of carbonyl (C=O) groups is 2. The second kappa shape index (κ2) is 7.83. The Labute approximate surface area is 147 Å². The molecule has 25 heavy (non-hydrogen) atoms. The molecule has 0 saturated carbocycles. The first-order valence-electron chi connectivity index (χ1n) is 8.41. The maximum atomic E-state index is 12.5. The van der Waals surface area contributed by atoms with Gasteiger partial charge in [-0.05, 0) is 18.1 Å². The van der Waals surface area contributed by atoms with Crippen LogP contribution in [0.2, 0.25) is 0 Å². The fourth-order valence-corrected chi connectivity index (χ4v) is 3.10. The van der Waals surface area contributed by atoms with E-state index < -0.39 is 6.04 Å². The highest BCUT2D eigenvalue weighted by atomic mass is 16.5. The van der Waals surface area contributed by atoms with E-state index in [1.807, 2.05) is 54.6 Å². The van der Waals surface area contributed by atoms with Gasteiger partial charge >= 0.3 is 0 Å². The SMILES string of the molecule is COc1ccccc1CC(=O)N[C@@H]1CCN(Cc2ccccc2)C1=O. The van der Waals surface area contributed by atoms with Crippen LogP contribution >= 0.6 is 0 Å². The van der Waals surface area contributed by atoms with E-state index in [4.69, 9.17) is 4.74 Å². The highest BCUT2D eigenvalue weighted by Gasteiger charge is 2.32. The van der Waals surface area contributed by atoms with Crippen molar-refractivity contribution in [3.63, 3.8) is 0 Å². The van der Waals surface area contributed by atoms with Gasteiger partial charge in [-0.25, -0.2) is 0 Å². The van der Waals surface area contributed by atoms with Gasteiger partial charge in [-0.2, -0.15) is 0 Å². The lowest BCUT2D eigenvalue weighted by atomic mass is 10.1. The number of nitrogens with one attached hydrogen (secondary N) is 1. The van der Waals surface area contributed by atoms with Crippen LogP contribution in [0.15, 0.2) is 54.6 Å². The molecule has 1 fully saturated rings. The van der Waals surface area contributed by atoms with Crippen molar-refractivity contribution in [1.82, 2.24) is 10.2 Å². The van der Waals surface area contributed by atoms with Crippen molar-refractivity contribution in [2.45, 2.75) is 25.4 Å². The van der Waals surface area contributed by atoms with Crippen molar-refractivity contribution in [3.05, 3.63) is 65.7 Å². The van der Waals surface area contributed by atoms with Gasteiger partial charge in [0.25, 0.3) is 0 Å². The topological polar surface area (TPSA) is 58.6 Å². The number of nitrogens with zero attached hydrogens (tertiary/aromatic N) is 1. The number of benzene rings is 2. The molecule has 0 aromatic heterocycles. The molecule has 5 heteroatoms. The zero-order valence-corrected chi connectivity index (χ0v) is 14.3. The summed E-state index contributed by atoms with van der Waals surface area (Å²) in [6.45, 7) is 1.24. The van der Waals surface area contributed by atoms with Gasteiger partial charge in [0.15, 0.2) is 0 Å². The first kappa shape index (κ1) is 17.0. The molecule has 1 atom stereocenters. The fourth-order valence-electron chi connectivity index (χ4n) is 3.10. The van der Waals surface area contributed by atoms with Gasteiger partial charge in [-0.15, -0.1) is 0 Å². The summed E-state index contributed by atoms with van der Waals surface area (Å²) in [5.74, 6) is 0.503. The molecule has 2 amide bonds. The Morgan fingerprint density at radius 2 is 1.88 bits per heavy atom. The standard InChI is InChI=1S/C20H22N2O3/c1-25-18-10-6-5-9-16(18)13-19(23)21-17-11-12-22(20(17)24)14-15-7-3-2-4-8-15/h2-10,17H,11-14H2,1H3,(H,21,23)/t17-/m1/s1. The van der Waals surface area contributed by atoms with Crippen LogP contribution in [-0.2, 0) is 22.6 Å². The summed E-state index contributed by atoms with van der Waals surface area (Å²) in [5.41, 5.74) is 1.91. The van der Waals surface area contributed by atoms with Gasteiger partial charge in [-0.1, -0.05) is 48.5 Å². The van der Waals surface area contributed by atoms with Gasteiger partial charge in [0.2, 0.25) is 11.8 Å². The van der Waals surface area contributed by atoms with Crippen molar-refractivity contribution >= 4 is 11.8 Å². The molecule has 2 aromatic carbocycles. The Bertz CT molecular complexity index is 746. The minimum Gasteiger partial charge on any atom is -0.496 e. The lowest BCUT2D eigenvalue weighted by Gasteiger charge is -2.17. The zero-order chi connectivity index (χ0) is 17.6. The Morgan fingerprint density at radius 3 is 2.64 bits per heavy atom. The van der Waals surface area contributed by atoms with Crippen molar-refractivity contribution in [2.75, 3.05) is 13.7 Å². The van der Waals surface area contributed by atoms with E-state index in [1.165, 1.54) is 0 Å². The molecular weight excluding hydrogens is 316 g/mol. The predicted molar refractivity (Wildman–Crippen MR) is 95.1 cm³/mol. The van der Waals surface area contributed by atoms with Crippen molar-refractivity contribution in [3.8, 4) is 5.75 Å². The summed E-state index contributed by atoms with van der Waals surface area (Å²) >= 11 is 0. The van der Waals surface area contributed by atoms with E-state index in [9.17, 15) is 9.59 Å². The Morgan fingerprint density at radius 1 is 1.16 bits per heavy atom. The van der Waals surface area contributed by atoms with E-state index in [-0.39, 0.29) is 18.2 Å². The maximum absolute atomic E-state index is 12.5. The van der Waals surface area contributed by atoms with Crippen molar-refractivity contribution in [2.24, 2.45) is 0 Å². The van der Waals surface area contributed by atoms with Crippen LogP contribution in [-0.4, -0.2) is 36.4 Å². The third kappa shape index (κ3) is 4.18. The largest absolute Gasteiger partial charge is 0.496 e. The molecule has 1 aliphatic rings. The van der Waals surface area contributed by atoms with Crippen LogP contribution in [0.4, 0.5) is 0 Å². The predicted octanol–water partition coefficient (Wildman–Crippen LogP) is 2.16. The van der Waals surface area contributed by atoms with E-state index >= 15 is 0 Å². The second-order valence-corrected chi connectivity index (χ2v) is 6.14. The molecule has 1 aliphatic heterocycles. The molecular formula is C20H22N2O3. The lowest BCUT2D eigenvalue weighted by molar-refractivity contribution is -0.132. The van der Waals surface area contributed by atoms with Gasteiger partial charge < -0.3 is 15.0 Å². The zero-order valence-electron chi connectivity index (χ0n) is 14.3. The summed E-state index contributed by atoms with van der Waals surface area (Å²) in [4.78, 5) is 26.6. The maximum Gasteiger partial charge on any atom is 0.245 e. The fraction of sp³-hybridized carbons (Fsp3) is 0.300. The van der Waals surface area contributed by atoms with E-state index in [0.29, 0.717) is 25.3 Å². The van der Waals surface area contributed by atoms with Crippen LogP contribution in [0.1, 0.15) is 17.5 Å². The quantitative estimate of drug-likeness (QED) is 0.878. The van der Waals surface area contributed by atoms with Crippen LogP contribution in [0.25, 0.3) is 0 Å². The number of hydrogen-bond donors (Lipinski definition) is 1. The van der Waals surface area contributed by atoms with Crippen LogP contribution in [0.5, 0.6) is 5.75 Å². The van der Waals surface area contributed by atoms with Crippen LogP contribution in [0, 0.1) is 0 Å². The van der Waals surface area contributed by atoms with E-state index in [1.54, 1.807) is 12.0 Å². The van der Waals surface area contributed by atoms with E-state index in [0.717, 1.165) is 11.1 Å². The third-order valence-corrected chi connectivity index (χ3v) is 4.39. The number of amides is 2. The number of carbonyl (C=O) groups excluding carboxylic acids is 2. The summed E-state index contributed by atoms with van der Waals surface area (Å²) in [6, 6.07) is 16.9. The average molecular weight is 338 g/mol. The number of para-hydroxylation sites is 1. The molecule has 5 nitrogen and oxygen atoms in total. The molecule has 130 valence electrons. The van der Waals surface area contributed by atoms with Crippen molar-refractivity contribution < 1.29 is 14.3 Å². The van der Waals surface area contributed by atoms with Crippen LogP contribution in [0.3, 0.4) is 0 Å². The number of rotatable bonds is 6. The minimum absolute atomic E-state index is 0.0165. The van der Waals surface area contributed by atoms with Gasteiger partial charge in [-0.3, -0.25) is 9.59 Å². The Kier molecular flexibility index (Phi) is 5.33. The normalized spacial score (nSPS) is 16.8. The monoisotopic (exact) mass is 338 g/mol. The van der Waals surface area contributed by atoms with E-state index in [2.05, 4.69) is 5.32 Å². The molecule has 0 spiro atoms. The lowest BCUT2D eigenvalue weighted by Crippen LogP contribution is -2.41. The second-order valence-electron chi connectivity index (χ2n) is 6.14. The van der Waals surface area contributed by atoms with Gasteiger partial charge in [0.1, 0.15) is 11.8 Å². The minimum atomic E-state index is -0.439. The summed E-state index contributed by atoms with van der Waals surface area (Å²) in [5, 5.41) is 2.86. The highest BCUT2D eigenvalue weighted by molar-refractivity contribution is 5.90. The van der Waals surface area contributed by atoms with Gasteiger partial charge in [0, 0.05) is 18.7 Å². The molecule has 0 aliphatic carbocycles. The van der Waals surface area contributed by atoms with Crippen molar-refractivity contribution in [1.29, 1.82) is 0 Å². The molecule has 0 unspecified atom stereocenters. The number of methoxy groups -OCH3 is 1. The first-order chi connectivity index (χ1) is 12.2. The highest BCUT2D eigenvalue weighted by Crippen LogP contribution is 2.19. The third-order valence-electron chi connectivity index (χ3n) is 4.39. The molecule has 1 saturated heterocycles. The molecule has 0 bridgehead atoms. The number of hydrogen-bond acceptors (Lipinski definition) is 3. The molecule has 2 aromatic rings. The summed E-state index contributed by atoms with van der Waals surface area (Å²) < 4.78 is 5.27. The smallest absolute Gasteiger partial charge is 0.245 e. The molecule has 0 radical (unpaired) electrons. The number of ether oxygens (including phenoxy) is 1. The summed E-state index contributed by atoms with van der Waals surface area (Å²) in [7, 11) is 1.58. The Balaban J connectivity index is 1.56. The van der Waals surface area contributed by atoms with Gasteiger partial charge in [0.05, 0.1) is 13.5 Å². The van der Waals surface area contributed by atoms with Crippen LogP contribution < -0.4 is 10.1 Å². The first-order valence-corrected chi connectivity index (χ1v) is 8.41. The molecule has 1 N–H and O–H groups in total. The number of likely N-dealkylation sites (tertiary alicyclic amines) is 1. The Hall–Kier alpha value is -2.82. The molecule has 1 heterocycles. The molecule has 3 rings (SSSR count). The summed E-state index contributed by atoms with van der Waals surface area (Å²) in [6.07, 6.45) is 0.843.